The van der Waals surface area contributed by atoms with Crippen molar-refractivity contribution in [1.82, 2.24) is 0 Å². The number of rotatable bonds is 2. The third-order valence-electron chi connectivity index (χ3n) is 1.85. The van der Waals surface area contributed by atoms with Gasteiger partial charge in [0.25, 0.3) is 0 Å². The maximum absolute atomic E-state index is 11.0. The molecule has 0 bridgehead atoms. The second-order valence-electron chi connectivity index (χ2n) is 3.04. The number of esters is 1. The third kappa shape index (κ3) is 12.9. The number of ether oxygens (including phenoxy) is 1. The van der Waals surface area contributed by atoms with E-state index >= 15 is 0 Å². The van der Waals surface area contributed by atoms with Gasteiger partial charge in [-0.05, 0) is 18.7 Å². The molecule has 1 rings (SSSR count). The highest BCUT2D eigenvalue weighted by Crippen LogP contribution is 2.09. The molecule has 20 heavy (non-hydrogen) atoms. The van der Waals surface area contributed by atoms with Crippen LogP contribution in [-0.2, 0) is 9.53 Å². The minimum Gasteiger partial charge on any atom is -0.469 e. The molecule has 3 nitrogen and oxygen atoms in total. The molecule has 0 radical (unpaired) electrons. The van der Waals surface area contributed by atoms with Gasteiger partial charge in [-0.1, -0.05) is 50.8 Å². The Morgan fingerprint density at radius 1 is 1.15 bits per heavy atom. The van der Waals surface area contributed by atoms with E-state index in [4.69, 9.17) is 0 Å². The number of carbonyl (C=O) groups is 2. The average molecular weight is 298 g/mol. The van der Waals surface area contributed by atoms with E-state index in [1.165, 1.54) is 14.0 Å². The summed E-state index contributed by atoms with van der Waals surface area (Å²) in [5.41, 5.74) is 1.64. The first-order valence-corrected chi connectivity index (χ1v) is 7.14. The summed E-state index contributed by atoms with van der Waals surface area (Å²) in [5, 5.41) is 0. The van der Waals surface area contributed by atoms with E-state index in [0.717, 1.165) is 11.1 Å². The molecule has 0 atom stereocenters. The standard InChI is InChI=1S/C10H10O.C3H6O2.C2H6.CH4S/c1-3-9-6-4-5-7-10(9)8(2)11;1-3(4)5-2;2*1-2/h3-7H,1H2,2H3;1-2H3;1-2H3;2H,1H3. The fourth-order valence-electron chi connectivity index (χ4n) is 0.996. The van der Waals surface area contributed by atoms with Crippen molar-refractivity contribution in [2.45, 2.75) is 27.7 Å². The molecule has 0 fully saturated rings. The first-order chi connectivity index (χ1) is 9.52. The summed E-state index contributed by atoms with van der Waals surface area (Å²) in [6.45, 7) is 10.5. The van der Waals surface area contributed by atoms with Crippen LogP contribution >= 0.6 is 12.6 Å². The quantitative estimate of drug-likeness (QED) is 0.503. The van der Waals surface area contributed by atoms with Crippen molar-refractivity contribution in [3.05, 3.63) is 42.0 Å². The number of ketones is 1. The van der Waals surface area contributed by atoms with E-state index in [9.17, 15) is 9.59 Å². The van der Waals surface area contributed by atoms with E-state index in [1.54, 1.807) is 25.3 Å². The molecule has 0 aliphatic carbocycles. The summed E-state index contributed by atoms with van der Waals surface area (Å²) in [5.74, 6) is -0.162. The summed E-state index contributed by atoms with van der Waals surface area (Å²) < 4.78 is 4.11. The van der Waals surface area contributed by atoms with Crippen molar-refractivity contribution in [2.24, 2.45) is 0 Å². The molecule has 4 heteroatoms. The number of hydrogen-bond acceptors (Lipinski definition) is 4. The Morgan fingerprint density at radius 2 is 1.55 bits per heavy atom. The van der Waals surface area contributed by atoms with Crippen molar-refractivity contribution < 1.29 is 14.3 Å². The Bertz CT molecular complexity index is 387. The molecule has 1 aromatic rings. The second-order valence-corrected chi connectivity index (χ2v) is 3.04. The van der Waals surface area contributed by atoms with Gasteiger partial charge in [0.1, 0.15) is 0 Å². The van der Waals surface area contributed by atoms with Crippen LogP contribution in [0, 0.1) is 0 Å². The number of methoxy groups -OCH3 is 1. The lowest BCUT2D eigenvalue weighted by Gasteiger charge is -1.98. The second kappa shape index (κ2) is 17.4. The lowest BCUT2D eigenvalue weighted by molar-refractivity contribution is -0.137. The fraction of sp³-hybridized carbons (Fsp3) is 0.375. The van der Waals surface area contributed by atoms with E-state index < -0.39 is 0 Å². The molecule has 114 valence electrons. The first kappa shape index (κ1) is 23.5. The van der Waals surface area contributed by atoms with E-state index in [2.05, 4.69) is 23.9 Å². The largest absolute Gasteiger partial charge is 0.469 e. The summed E-state index contributed by atoms with van der Waals surface area (Å²) in [6, 6.07) is 7.43. The van der Waals surface area contributed by atoms with E-state index in [0.29, 0.717) is 0 Å². The Kier molecular flexibility index (Phi) is 20.5. The Balaban J connectivity index is -0.000000272. The molecule has 1 aromatic carbocycles. The Hall–Kier alpha value is -1.55. The fourth-order valence-corrected chi connectivity index (χ4v) is 0.996. The molecule has 0 unspecified atom stereocenters. The van der Waals surface area contributed by atoms with Crippen molar-refractivity contribution in [3.63, 3.8) is 0 Å². The zero-order valence-electron chi connectivity index (χ0n) is 13.3. The van der Waals surface area contributed by atoms with Gasteiger partial charge < -0.3 is 4.74 Å². The van der Waals surface area contributed by atoms with Crippen LogP contribution in [0.2, 0.25) is 0 Å². The zero-order chi connectivity index (χ0) is 16.6. The summed E-state index contributed by atoms with van der Waals surface area (Å²) in [6.07, 6.45) is 3.39. The smallest absolute Gasteiger partial charge is 0.302 e. The number of Topliss-reactive ketones (excluding diaryl/α,β-unsaturated/α-hetero) is 1. The summed E-state index contributed by atoms with van der Waals surface area (Å²) in [4.78, 5) is 20.6. The van der Waals surface area contributed by atoms with Crippen LogP contribution in [0.1, 0.15) is 43.6 Å². The van der Waals surface area contributed by atoms with Gasteiger partial charge in [-0.15, -0.1) is 0 Å². The lowest BCUT2D eigenvalue weighted by atomic mass is 10.1. The highest BCUT2D eigenvalue weighted by molar-refractivity contribution is 7.79. The third-order valence-corrected chi connectivity index (χ3v) is 1.85. The molecular formula is C16H26O3S. The monoisotopic (exact) mass is 298 g/mol. The van der Waals surface area contributed by atoms with Gasteiger partial charge in [0, 0.05) is 12.5 Å². The van der Waals surface area contributed by atoms with Gasteiger partial charge in [0.15, 0.2) is 5.78 Å². The predicted octanol–water partition coefficient (Wildman–Crippen LogP) is 4.28. The van der Waals surface area contributed by atoms with Gasteiger partial charge in [-0.25, -0.2) is 0 Å². The van der Waals surface area contributed by atoms with Gasteiger partial charge in [0.2, 0.25) is 0 Å². The van der Waals surface area contributed by atoms with Gasteiger partial charge in [-0.3, -0.25) is 9.59 Å². The number of hydrogen-bond donors (Lipinski definition) is 1. The maximum Gasteiger partial charge on any atom is 0.302 e. The van der Waals surface area contributed by atoms with Crippen molar-refractivity contribution in [2.75, 3.05) is 13.4 Å². The highest BCUT2D eigenvalue weighted by atomic mass is 32.1. The molecule has 0 amide bonds. The van der Waals surface area contributed by atoms with Crippen LogP contribution in [0.5, 0.6) is 0 Å². The molecular weight excluding hydrogens is 272 g/mol. The summed E-state index contributed by atoms with van der Waals surface area (Å²) in [7, 11) is 1.35. The molecule has 0 aliphatic heterocycles. The molecule has 0 spiro atoms. The van der Waals surface area contributed by atoms with Gasteiger partial charge in [-0.2, -0.15) is 12.6 Å². The van der Waals surface area contributed by atoms with Crippen LogP contribution in [0.4, 0.5) is 0 Å². The van der Waals surface area contributed by atoms with Crippen LogP contribution in [0.25, 0.3) is 6.08 Å². The minimum absolute atomic E-state index is 0.0838. The van der Waals surface area contributed by atoms with Gasteiger partial charge in [0.05, 0.1) is 7.11 Å². The average Bonchev–Trinajstić information content (AvgIpc) is 2.51. The number of thiol groups is 1. The molecule has 0 heterocycles. The zero-order valence-corrected chi connectivity index (χ0v) is 14.2. The van der Waals surface area contributed by atoms with Crippen LogP contribution in [0.15, 0.2) is 30.8 Å². The molecule has 0 N–H and O–H groups in total. The molecule has 0 aromatic heterocycles. The van der Waals surface area contributed by atoms with Crippen LogP contribution in [-0.4, -0.2) is 25.1 Å². The normalized spacial score (nSPS) is 7.35. The lowest BCUT2D eigenvalue weighted by Crippen LogP contribution is -1.94. The van der Waals surface area contributed by atoms with Crippen molar-refractivity contribution >= 4 is 30.5 Å². The topological polar surface area (TPSA) is 43.4 Å². The minimum atomic E-state index is -0.245. The number of benzene rings is 1. The van der Waals surface area contributed by atoms with E-state index in [1.807, 2.05) is 32.0 Å². The van der Waals surface area contributed by atoms with Crippen LogP contribution in [0.3, 0.4) is 0 Å². The SMILES string of the molecule is C=Cc1ccccc1C(C)=O.CC.COC(C)=O.CS. The molecule has 0 saturated heterocycles. The van der Waals surface area contributed by atoms with Crippen molar-refractivity contribution in [1.29, 1.82) is 0 Å². The molecule has 0 aliphatic rings. The molecule has 0 saturated carbocycles. The van der Waals surface area contributed by atoms with Crippen LogP contribution < -0.4 is 0 Å². The summed E-state index contributed by atoms with van der Waals surface area (Å²) >= 11 is 3.53. The predicted molar refractivity (Wildman–Crippen MR) is 90.5 cm³/mol. The maximum atomic E-state index is 11.0. The van der Waals surface area contributed by atoms with Gasteiger partial charge >= 0.3 is 5.97 Å². The Labute approximate surface area is 128 Å². The van der Waals surface area contributed by atoms with Crippen molar-refractivity contribution in [3.8, 4) is 0 Å². The van der Waals surface area contributed by atoms with E-state index in [-0.39, 0.29) is 11.8 Å². The number of carbonyl (C=O) groups excluding carboxylic acids is 2. The first-order valence-electron chi connectivity index (χ1n) is 6.24. The highest BCUT2D eigenvalue weighted by Gasteiger charge is 2.01. The Morgan fingerprint density at radius 3 is 1.80 bits per heavy atom.